The summed E-state index contributed by atoms with van der Waals surface area (Å²) < 4.78 is 5.99. The molecule has 30 heavy (non-hydrogen) atoms. The molecule has 0 aromatic carbocycles. The van der Waals surface area contributed by atoms with E-state index < -0.39 is 5.60 Å². The topological polar surface area (TPSA) is 86.5 Å². The Balaban J connectivity index is 0.000000804. The smallest absolute Gasteiger partial charge is 0.310 e. The van der Waals surface area contributed by atoms with Gasteiger partial charge in [-0.15, -0.1) is 0 Å². The largest absolute Gasteiger partial charge is 0.463 e. The minimum Gasteiger partial charge on any atom is -0.463 e. The second-order valence-corrected chi connectivity index (χ2v) is 10.6. The van der Waals surface area contributed by atoms with Crippen LogP contribution in [0, 0.1) is 23.7 Å². The van der Waals surface area contributed by atoms with Gasteiger partial charge >= 0.3 is 5.97 Å². The molecule has 2 heterocycles. The molecule has 1 N–H and O–H groups in total. The third-order valence-corrected chi connectivity index (χ3v) is 5.40. The Labute approximate surface area is 189 Å². The lowest BCUT2D eigenvalue weighted by molar-refractivity contribution is -0.146. The number of nitriles is 1. The van der Waals surface area contributed by atoms with E-state index in [1.807, 2.05) is 20.8 Å². The number of esters is 1. The second kappa shape index (κ2) is 10.6. The lowest BCUT2D eigenvalue weighted by atomic mass is 9.82. The molecule has 1 saturated heterocycles. The number of aryl methyl sites for hydroxylation is 1. The fraction of sp³-hybridized carbons (Fsp3) is 0.696. The number of pyridine rings is 1. The predicted molar refractivity (Wildman–Crippen MR) is 124 cm³/mol. The van der Waals surface area contributed by atoms with Gasteiger partial charge in [0.2, 0.25) is 0 Å². The fourth-order valence-corrected chi connectivity index (χ4v) is 3.77. The first-order valence-electron chi connectivity index (χ1n) is 10.4. The summed E-state index contributed by atoms with van der Waals surface area (Å²) in [6.07, 6.45) is 2.15. The summed E-state index contributed by atoms with van der Waals surface area (Å²) in [4.78, 5) is 18.9. The summed E-state index contributed by atoms with van der Waals surface area (Å²) >= 11 is 3.55. The molecule has 168 valence electrons. The van der Waals surface area contributed by atoms with Crippen LogP contribution in [0.4, 0.5) is 5.69 Å². The fourth-order valence-electron chi connectivity index (χ4n) is 3.10. The summed E-state index contributed by atoms with van der Waals surface area (Å²) in [7, 11) is 0. The molecule has 0 atom stereocenters. The van der Waals surface area contributed by atoms with Crippen LogP contribution in [-0.2, 0) is 16.0 Å². The molecule has 0 spiro atoms. The molecule has 1 aromatic rings. The first-order valence-corrected chi connectivity index (χ1v) is 11.2. The number of carbonyl (C=O) groups is 1. The molecule has 0 amide bonds. The van der Waals surface area contributed by atoms with Crippen LogP contribution in [0.3, 0.4) is 0 Å². The minimum atomic E-state index is -0.500. The predicted octanol–water partition coefficient (Wildman–Crippen LogP) is 4.92. The van der Waals surface area contributed by atoms with Gasteiger partial charge < -0.3 is 14.7 Å². The highest BCUT2D eigenvalue weighted by atomic mass is 79.9. The number of hydrogen-bond donors (Lipinski definition) is 1. The Kier molecular flexibility index (Phi) is 9.31. The number of rotatable bonds is 4. The van der Waals surface area contributed by atoms with E-state index in [0.29, 0.717) is 21.3 Å². The van der Waals surface area contributed by atoms with Crippen molar-refractivity contribution in [3.05, 3.63) is 21.4 Å². The third kappa shape index (κ3) is 8.61. The van der Waals surface area contributed by atoms with E-state index >= 15 is 0 Å². The lowest BCUT2D eigenvalue weighted by Crippen LogP contribution is -2.38. The molecule has 1 aliphatic heterocycles. The Bertz CT molecular complexity index is 776. The number of hydrogen-bond acceptors (Lipinski definition) is 6. The highest BCUT2D eigenvalue weighted by molar-refractivity contribution is 9.10. The van der Waals surface area contributed by atoms with Gasteiger partial charge in [-0.05, 0) is 75.7 Å². The van der Waals surface area contributed by atoms with Crippen LogP contribution in [0.15, 0.2) is 4.47 Å². The van der Waals surface area contributed by atoms with Crippen molar-refractivity contribution < 1.29 is 14.6 Å². The van der Waals surface area contributed by atoms with Crippen molar-refractivity contribution in [2.45, 2.75) is 86.4 Å². The van der Waals surface area contributed by atoms with E-state index in [9.17, 15) is 10.1 Å². The number of aromatic nitrogens is 1. The Morgan fingerprint density at radius 2 is 1.83 bits per heavy atom. The van der Waals surface area contributed by atoms with Crippen LogP contribution < -0.4 is 4.90 Å². The van der Waals surface area contributed by atoms with Crippen molar-refractivity contribution in [3.63, 3.8) is 0 Å². The molecular weight excluding hydrogens is 446 g/mol. The lowest BCUT2D eigenvalue weighted by Gasteiger charge is -2.39. The number of halogens is 1. The van der Waals surface area contributed by atoms with Crippen LogP contribution in [0.5, 0.6) is 0 Å². The molecule has 0 saturated carbocycles. The molecule has 0 aliphatic carbocycles. The van der Waals surface area contributed by atoms with Crippen LogP contribution in [-0.4, -0.2) is 40.9 Å². The SMILES string of the molecule is CC(C)(C)O.Cc1nc(C#N)c(Br)c(N2CCC(C)(C)CC2)c1CC(=O)OC(C)C. The molecular formula is C23H36BrN3O3. The summed E-state index contributed by atoms with van der Waals surface area (Å²) in [6.45, 7) is 17.1. The van der Waals surface area contributed by atoms with Crippen molar-refractivity contribution in [1.82, 2.24) is 4.98 Å². The average Bonchev–Trinajstić information content (AvgIpc) is 2.56. The Morgan fingerprint density at radius 3 is 2.27 bits per heavy atom. The van der Waals surface area contributed by atoms with Crippen LogP contribution in [0.1, 0.15) is 78.3 Å². The zero-order chi connectivity index (χ0) is 23.3. The van der Waals surface area contributed by atoms with Gasteiger partial charge in [0, 0.05) is 24.3 Å². The zero-order valence-electron chi connectivity index (χ0n) is 19.6. The highest BCUT2D eigenvalue weighted by Gasteiger charge is 2.30. The molecule has 7 heteroatoms. The van der Waals surface area contributed by atoms with Gasteiger partial charge in [0.1, 0.15) is 6.07 Å². The molecule has 0 radical (unpaired) electrons. The van der Waals surface area contributed by atoms with E-state index in [4.69, 9.17) is 9.84 Å². The van der Waals surface area contributed by atoms with E-state index in [0.717, 1.165) is 37.2 Å². The minimum absolute atomic E-state index is 0.151. The summed E-state index contributed by atoms with van der Waals surface area (Å²) in [6, 6.07) is 2.14. The number of aliphatic hydroxyl groups is 1. The maximum atomic E-state index is 12.2. The van der Waals surface area contributed by atoms with Crippen molar-refractivity contribution in [2.75, 3.05) is 18.0 Å². The normalized spacial score (nSPS) is 15.9. The van der Waals surface area contributed by atoms with Gasteiger partial charge in [0.15, 0.2) is 5.69 Å². The zero-order valence-corrected chi connectivity index (χ0v) is 21.2. The summed E-state index contributed by atoms with van der Waals surface area (Å²) in [5.41, 5.74) is 2.65. The van der Waals surface area contributed by atoms with Gasteiger partial charge in [-0.1, -0.05) is 13.8 Å². The van der Waals surface area contributed by atoms with E-state index in [-0.39, 0.29) is 18.5 Å². The number of anilines is 1. The number of ether oxygens (including phenoxy) is 1. The van der Waals surface area contributed by atoms with Gasteiger partial charge in [0.25, 0.3) is 0 Å². The maximum absolute atomic E-state index is 12.2. The molecule has 1 aromatic heterocycles. The third-order valence-electron chi connectivity index (χ3n) is 4.65. The molecule has 0 bridgehead atoms. The number of piperidine rings is 1. The van der Waals surface area contributed by atoms with E-state index in [1.54, 1.807) is 20.8 Å². The van der Waals surface area contributed by atoms with Crippen LogP contribution in [0.25, 0.3) is 0 Å². The average molecular weight is 482 g/mol. The highest BCUT2D eigenvalue weighted by Crippen LogP contribution is 2.39. The van der Waals surface area contributed by atoms with Crippen molar-refractivity contribution in [1.29, 1.82) is 5.26 Å². The van der Waals surface area contributed by atoms with Crippen LogP contribution in [0.2, 0.25) is 0 Å². The molecule has 0 unspecified atom stereocenters. The first kappa shape index (κ1) is 26.4. The number of carbonyl (C=O) groups excluding carboxylic acids is 1. The molecule has 2 rings (SSSR count). The molecule has 1 aliphatic rings. The number of nitrogens with zero attached hydrogens (tertiary/aromatic N) is 3. The Hall–Kier alpha value is -1.65. The quantitative estimate of drug-likeness (QED) is 0.613. The maximum Gasteiger partial charge on any atom is 0.310 e. The first-order chi connectivity index (χ1) is 13.6. The van der Waals surface area contributed by atoms with Crippen molar-refractivity contribution in [2.24, 2.45) is 5.41 Å². The molecule has 1 fully saturated rings. The summed E-state index contributed by atoms with van der Waals surface area (Å²) in [5, 5.41) is 17.9. The van der Waals surface area contributed by atoms with Crippen molar-refractivity contribution >= 4 is 27.6 Å². The summed E-state index contributed by atoms with van der Waals surface area (Å²) in [5.74, 6) is -0.268. The standard InChI is InChI=1S/C19H26BrN3O2.C4H10O/c1-12(2)25-16(24)10-14-13(3)22-15(11-21)17(20)18(14)23-8-6-19(4,5)7-9-23;1-4(2,3)5/h12H,6-10H2,1-5H3;5H,1-3H3. The Morgan fingerprint density at radius 1 is 1.33 bits per heavy atom. The monoisotopic (exact) mass is 481 g/mol. The molecule has 6 nitrogen and oxygen atoms in total. The van der Waals surface area contributed by atoms with Crippen molar-refractivity contribution in [3.8, 4) is 6.07 Å². The van der Waals surface area contributed by atoms with Gasteiger partial charge in [-0.3, -0.25) is 4.79 Å². The van der Waals surface area contributed by atoms with E-state index in [2.05, 4.69) is 45.7 Å². The van der Waals surface area contributed by atoms with E-state index in [1.165, 1.54) is 0 Å². The second-order valence-electron chi connectivity index (χ2n) is 9.84. The van der Waals surface area contributed by atoms with Gasteiger partial charge in [0.05, 0.1) is 28.3 Å². The van der Waals surface area contributed by atoms with Gasteiger partial charge in [-0.2, -0.15) is 5.26 Å². The van der Waals surface area contributed by atoms with Crippen LogP contribution >= 0.6 is 15.9 Å². The van der Waals surface area contributed by atoms with Gasteiger partial charge in [-0.25, -0.2) is 4.98 Å².